The summed E-state index contributed by atoms with van der Waals surface area (Å²) < 4.78 is 4.24. The molecule has 108 valence electrons. The molecule has 0 aromatic carbocycles. The molecule has 0 amide bonds. The third-order valence-corrected chi connectivity index (χ3v) is 3.53. The predicted octanol–water partition coefficient (Wildman–Crippen LogP) is 2.35. The summed E-state index contributed by atoms with van der Waals surface area (Å²) in [4.78, 5) is 4.54. The van der Waals surface area contributed by atoms with Crippen molar-refractivity contribution >= 4 is 0 Å². The number of hydrogen-bond acceptors (Lipinski definition) is 2. The lowest BCUT2D eigenvalue weighted by atomic mass is 10.3. The van der Waals surface area contributed by atoms with Crippen LogP contribution in [-0.4, -0.2) is 33.7 Å². The Kier molecular flexibility index (Phi) is 5.45. The molecule has 0 saturated carbocycles. The van der Waals surface area contributed by atoms with Crippen molar-refractivity contribution in [1.29, 1.82) is 0 Å². The highest BCUT2D eigenvalue weighted by Gasteiger charge is 2.19. The van der Waals surface area contributed by atoms with Gasteiger partial charge in [-0.2, -0.15) is 4.68 Å². The zero-order valence-corrected chi connectivity index (χ0v) is 13.4. The Morgan fingerprint density at radius 2 is 1.68 bits per heavy atom. The van der Waals surface area contributed by atoms with Crippen molar-refractivity contribution in [2.45, 2.75) is 52.9 Å². The van der Waals surface area contributed by atoms with Crippen LogP contribution in [0, 0.1) is 0 Å². The van der Waals surface area contributed by atoms with Gasteiger partial charge in [-0.05, 0) is 34.6 Å². The summed E-state index contributed by atoms with van der Waals surface area (Å²) >= 11 is 0. The Bertz CT molecular complexity index is 406. The van der Waals surface area contributed by atoms with Crippen LogP contribution >= 0.6 is 0 Å². The SMILES string of the molecule is CC(C)N1C=CN(C)C1C.CC(C)n1ccc[n+]1C. The van der Waals surface area contributed by atoms with Gasteiger partial charge in [-0.25, -0.2) is 0 Å². The molecule has 0 fully saturated rings. The van der Waals surface area contributed by atoms with Crippen molar-refractivity contribution < 1.29 is 4.68 Å². The number of aromatic nitrogens is 2. The van der Waals surface area contributed by atoms with E-state index in [0.717, 1.165) is 0 Å². The fourth-order valence-corrected chi connectivity index (χ4v) is 2.21. The summed E-state index contributed by atoms with van der Waals surface area (Å²) in [7, 11) is 4.14. The quantitative estimate of drug-likeness (QED) is 0.763. The van der Waals surface area contributed by atoms with Crippen LogP contribution in [0.5, 0.6) is 0 Å². The first kappa shape index (κ1) is 15.6. The van der Waals surface area contributed by atoms with E-state index in [1.165, 1.54) is 0 Å². The Hall–Kier alpha value is -1.45. The lowest BCUT2D eigenvalue weighted by Crippen LogP contribution is -2.38. The van der Waals surface area contributed by atoms with Crippen molar-refractivity contribution in [1.82, 2.24) is 14.5 Å². The van der Waals surface area contributed by atoms with E-state index in [9.17, 15) is 0 Å². The largest absolute Gasteiger partial charge is 0.359 e. The second kappa shape index (κ2) is 6.64. The average molecular weight is 265 g/mol. The van der Waals surface area contributed by atoms with Crippen molar-refractivity contribution in [3.63, 3.8) is 0 Å². The lowest BCUT2D eigenvalue weighted by molar-refractivity contribution is -0.755. The maximum Gasteiger partial charge on any atom is 0.195 e. The minimum atomic E-state index is 0.528. The van der Waals surface area contributed by atoms with E-state index in [4.69, 9.17) is 0 Å². The first-order valence-corrected chi connectivity index (χ1v) is 7.05. The summed E-state index contributed by atoms with van der Waals surface area (Å²) in [6.45, 7) is 11.0. The van der Waals surface area contributed by atoms with Crippen molar-refractivity contribution in [3.8, 4) is 0 Å². The van der Waals surface area contributed by atoms with Crippen LogP contribution in [0.3, 0.4) is 0 Å². The third kappa shape index (κ3) is 4.01. The molecule has 2 rings (SSSR count). The zero-order valence-electron chi connectivity index (χ0n) is 13.4. The lowest BCUT2D eigenvalue weighted by Gasteiger charge is -2.30. The monoisotopic (exact) mass is 265 g/mol. The van der Waals surface area contributed by atoms with E-state index in [1.807, 2.05) is 19.3 Å². The highest BCUT2D eigenvalue weighted by Crippen LogP contribution is 2.15. The van der Waals surface area contributed by atoms with Gasteiger partial charge < -0.3 is 9.80 Å². The van der Waals surface area contributed by atoms with Crippen LogP contribution in [0.2, 0.25) is 0 Å². The highest BCUT2D eigenvalue weighted by atomic mass is 15.4. The summed E-state index contributed by atoms with van der Waals surface area (Å²) in [5.41, 5.74) is 0. The second-order valence-corrected chi connectivity index (χ2v) is 5.67. The molecular formula is C15H29N4+. The fourth-order valence-electron chi connectivity index (χ4n) is 2.21. The van der Waals surface area contributed by atoms with E-state index in [-0.39, 0.29) is 0 Å². The van der Waals surface area contributed by atoms with E-state index in [2.05, 4.69) is 79.4 Å². The Morgan fingerprint density at radius 3 is 1.89 bits per heavy atom. The Balaban J connectivity index is 0.000000191. The van der Waals surface area contributed by atoms with Gasteiger partial charge in [-0.15, -0.1) is 4.68 Å². The first-order chi connectivity index (χ1) is 8.84. The molecule has 0 radical (unpaired) electrons. The summed E-state index contributed by atoms with van der Waals surface area (Å²) in [5.74, 6) is 0. The molecule has 4 heteroatoms. The molecule has 1 unspecified atom stereocenters. The first-order valence-electron chi connectivity index (χ1n) is 7.05. The minimum Gasteiger partial charge on any atom is -0.359 e. The van der Waals surface area contributed by atoms with Gasteiger partial charge in [0.2, 0.25) is 0 Å². The van der Waals surface area contributed by atoms with Crippen LogP contribution in [0.25, 0.3) is 0 Å². The topological polar surface area (TPSA) is 15.3 Å². The smallest absolute Gasteiger partial charge is 0.195 e. The minimum absolute atomic E-state index is 0.528. The van der Waals surface area contributed by atoms with Crippen molar-refractivity contribution in [3.05, 3.63) is 30.9 Å². The molecule has 0 N–H and O–H groups in total. The molecule has 0 bridgehead atoms. The van der Waals surface area contributed by atoms with E-state index in [0.29, 0.717) is 18.2 Å². The predicted molar refractivity (Wildman–Crippen MR) is 79.3 cm³/mol. The van der Waals surface area contributed by atoms with Crippen molar-refractivity contribution in [2.24, 2.45) is 7.05 Å². The van der Waals surface area contributed by atoms with E-state index < -0.39 is 0 Å². The highest BCUT2D eigenvalue weighted by molar-refractivity contribution is 4.94. The standard InChI is InChI=1S/C8H16N2.C7H13N2/c1-7(2)10-6-5-9(4)8(10)3;1-7(2)9-6-4-5-8(9)3/h5-8H,1-4H3;4-7H,1-3H3/q;+1. The second-order valence-electron chi connectivity index (χ2n) is 5.67. The summed E-state index contributed by atoms with van der Waals surface area (Å²) in [6.07, 6.45) is 8.91. The molecule has 1 atom stereocenters. The number of hydrogen-bond donors (Lipinski definition) is 0. The average Bonchev–Trinajstić information content (AvgIpc) is 2.88. The summed E-state index contributed by atoms with van der Waals surface area (Å²) in [5, 5.41) is 0. The zero-order chi connectivity index (χ0) is 14.6. The summed E-state index contributed by atoms with van der Waals surface area (Å²) in [6, 6.07) is 3.21. The number of aryl methyl sites for hydroxylation is 1. The molecule has 1 aliphatic heterocycles. The Labute approximate surface area is 117 Å². The van der Waals surface area contributed by atoms with Gasteiger partial charge >= 0.3 is 0 Å². The van der Waals surface area contributed by atoms with Gasteiger partial charge in [0.15, 0.2) is 13.2 Å². The van der Waals surface area contributed by atoms with Crippen LogP contribution in [-0.2, 0) is 7.05 Å². The molecule has 4 nitrogen and oxygen atoms in total. The van der Waals surface area contributed by atoms with Crippen molar-refractivity contribution in [2.75, 3.05) is 7.05 Å². The third-order valence-electron chi connectivity index (χ3n) is 3.53. The number of nitrogens with zero attached hydrogens (tertiary/aromatic N) is 4. The van der Waals surface area contributed by atoms with Gasteiger partial charge in [0.05, 0.1) is 18.4 Å². The maximum atomic E-state index is 2.33. The van der Waals surface area contributed by atoms with Crippen LogP contribution in [0.1, 0.15) is 40.7 Å². The van der Waals surface area contributed by atoms with Gasteiger partial charge in [-0.1, -0.05) is 0 Å². The molecule has 1 aromatic heterocycles. The molecular weight excluding hydrogens is 236 g/mol. The van der Waals surface area contributed by atoms with Gasteiger partial charge in [0.1, 0.15) is 0 Å². The van der Waals surface area contributed by atoms with Crippen LogP contribution in [0.15, 0.2) is 30.9 Å². The molecule has 19 heavy (non-hydrogen) atoms. The normalized spacial score (nSPS) is 18.3. The van der Waals surface area contributed by atoms with Gasteiger partial charge in [0, 0.05) is 31.6 Å². The molecule has 0 spiro atoms. The number of rotatable bonds is 2. The van der Waals surface area contributed by atoms with Crippen LogP contribution < -0.4 is 4.68 Å². The van der Waals surface area contributed by atoms with E-state index >= 15 is 0 Å². The molecule has 1 aromatic rings. The molecule has 1 aliphatic rings. The molecule has 2 heterocycles. The van der Waals surface area contributed by atoms with E-state index in [1.54, 1.807) is 0 Å². The Morgan fingerprint density at radius 1 is 1.05 bits per heavy atom. The molecule has 0 saturated heterocycles. The van der Waals surface area contributed by atoms with Crippen LogP contribution in [0.4, 0.5) is 0 Å². The van der Waals surface area contributed by atoms with Gasteiger partial charge in [-0.3, -0.25) is 0 Å². The molecule has 0 aliphatic carbocycles. The maximum absolute atomic E-state index is 2.33. The van der Waals surface area contributed by atoms with Gasteiger partial charge in [0.25, 0.3) is 0 Å². The fraction of sp³-hybridized carbons (Fsp3) is 0.667.